The smallest absolute Gasteiger partial charge is 0.196 e. The standard InChI is InChI=1S/C19H19ClO2/c1-18(2)12-19(22,16(20)13-8-4-3-5-9-13)17(21)14-10-6-7-11-15(14)18/h3-11,16,22H,12H2,1-2H3. The number of rotatable bonds is 2. The quantitative estimate of drug-likeness (QED) is 0.841. The van der Waals surface area contributed by atoms with Gasteiger partial charge in [-0.25, -0.2) is 0 Å². The molecule has 2 unspecified atom stereocenters. The molecule has 0 fully saturated rings. The van der Waals surface area contributed by atoms with Gasteiger partial charge in [0.25, 0.3) is 0 Å². The number of hydrogen-bond acceptors (Lipinski definition) is 2. The molecule has 1 N–H and O–H groups in total. The summed E-state index contributed by atoms with van der Waals surface area (Å²) in [5, 5.41) is 10.4. The molecule has 1 aliphatic rings. The van der Waals surface area contributed by atoms with Gasteiger partial charge in [-0.3, -0.25) is 4.79 Å². The number of halogens is 1. The van der Waals surface area contributed by atoms with Crippen LogP contribution in [-0.4, -0.2) is 16.5 Å². The van der Waals surface area contributed by atoms with Gasteiger partial charge in [0, 0.05) is 5.56 Å². The lowest BCUT2D eigenvalue weighted by Gasteiger charge is -2.43. The van der Waals surface area contributed by atoms with E-state index < -0.39 is 11.0 Å². The predicted octanol–water partition coefficient (Wildman–Crippen LogP) is 4.26. The highest BCUT2D eigenvalue weighted by Gasteiger charge is 2.52. The number of carbonyl (C=O) groups excluding carboxylic acids is 1. The molecule has 0 saturated heterocycles. The molecule has 0 radical (unpaired) electrons. The van der Waals surface area contributed by atoms with Crippen molar-refractivity contribution in [3.05, 3.63) is 71.3 Å². The number of alkyl halides is 1. The Labute approximate surface area is 135 Å². The van der Waals surface area contributed by atoms with E-state index in [9.17, 15) is 9.90 Å². The number of ketones is 1. The maximum absolute atomic E-state index is 12.9. The molecule has 0 aliphatic heterocycles. The second-order valence-electron chi connectivity index (χ2n) is 6.63. The highest BCUT2D eigenvalue weighted by molar-refractivity contribution is 6.25. The van der Waals surface area contributed by atoms with Gasteiger partial charge < -0.3 is 5.11 Å². The molecule has 0 bridgehead atoms. The van der Waals surface area contributed by atoms with Crippen LogP contribution < -0.4 is 0 Å². The van der Waals surface area contributed by atoms with Gasteiger partial charge in [-0.05, 0) is 23.0 Å². The molecule has 114 valence electrons. The van der Waals surface area contributed by atoms with Crippen LogP contribution in [0.15, 0.2) is 54.6 Å². The monoisotopic (exact) mass is 314 g/mol. The van der Waals surface area contributed by atoms with Crippen LogP contribution in [0.2, 0.25) is 0 Å². The van der Waals surface area contributed by atoms with E-state index in [4.69, 9.17) is 11.6 Å². The Morgan fingerprint density at radius 2 is 1.64 bits per heavy atom. The first-order valence-electron chi connectivity index (χ1n) is 7.42. The van der Waals surface area contributed by atoms with Gasteiger partial charge in [0.15, 0.2) is 5.78 Å². The maximum atomic E-state index is 12.9. The molecular formula is C19H19ClO2. The molecule has 0 heterocycles. The van der Waals surface area contributed by atoms with E-state index >= 15 is 0 Å². The van der Waals surface area contributed by atoms with E-state index in [1.807, 2.05) is 62.4 Å². The Balaban J connectivity index is 2.11. The van der Waals surface area contributed by atoms with Crippen LogP contribution in [0, 0.1) is 0 Å². The van der Waals surface area contributed by atoms with Gasteiger partial charge in [0.1, 0.15) is 5.60 Å². The summed E-state index contributed by atoms with van der Waals surface area (Å²) in [7, 11) is 0. The average Bonchev–Trinajstić information content (AvgIpc) is 2.52. The number of carbonyl (C=O) groups is 1. The van der Waals surface area contributed by atoms with E-state index in [0.29, 0.717) is 12.0 Å². The van der Waals surface area contributed by atoms with Gasteiger partial charge >= 0.3 is 0 Å². The normalized spacial score (nSPS) is 24.6. The lowest BCUT2D eigenvalue weighted by Crippen LogP contribution is -2.51. The SMILES string of the molecule is CC1(C)CC(O)(C(Cl)c2ccccc2)C(=O)c2ccccc21. The lowest BCUT2D eigenvalue weighted by molar-refractivity contribution is 0.00907. The van der Waals surface area contributed by atoms with Crippen molar-refractivity contribution in [1.29, 1.82) is 0 Å². The fourth-order valence-corrected chi connectivity index (χ4v) is 3.78. The number of hydrogen-bond donors (Lipinski definition) is 1. The average molecular weight is 315 g/mol. The molecule has 3 rings (SSSR count). The summed E-state index contributed by atoms with van der Waals surface area (Å²) in [4.78, 5) is 12.9. The molecule has 22 heavy (non-hydrogen) atoms. The molecule has 2 atom stereocenters. The highest BCUT2D eigenvalue weighted by atomic mass is 35.5. The van der Waals surface area contributed by atoms with Crippen LogP contribution in [0.25, 0.3) is 0 Å². The third-order valence-electron chi connectivity index (χ3n) is 4.52. The van der Waals surface area contributed by atoms with Crippen LogP contribution in [0.4, 0.5) is 0 Å². The Morgan fingerprint density at radius 3 is 2.32 bits per heavy atom. The van der Waals surface area contributed by atoms with Crippen molar-refractivity contribution in [3.63, 3.8) is 0 Å². The zero-order valence-electron chi connectivity index (χ0n) is 12.7. The summed E-state index contributed by atoms with van der Waals surface area (Å²) in [6.45, 7) is 4.08. The van der Waals surface area contributed by atoms with Crippen LogP contribution in [0.3, 0.4) is 0 Å². The Kier molecular flexibility index (Phi) is 3.62. The molecule has 0 aromatic heterocycles. The van der Waals surface area contributed by atoms with Crippen molar-refractivity contribution in [2.75, 3.05) is 0 Å². The van der Waals surface area contributed by atoms with Crippen molar-refractivity contribution in [1.82, 2.24) is 0 Å². The molecule has 2 aromatic carbocycles. The fraction of sp³-hybridized carbons (Fsp3) is 0.316. The van der Waals surface area contributed by atoms with Crippen molar-refractivity contribution in [2.24, 2.45) is 0 Å². The molecule has 0 spiro atoms. The van der Waals surface area contributed by atoms with Crippen molar-refractivity contribution >= 4 is 17.4 Å². The first-order chi connectivity index (χ1) is 10.4. The number of fused-ring (bicyclic) bond motifs is 1. The van der Waals surface area contributed by atoms with Gasteiger partial charge in [0.2, 0.25) is 0 Å². The van der Waals surface area contributed by atoms with Gasteiger partial charge in [-0.1, -0.05) is 68.4 Å². The van der Waals surface area contributed by atoms with E-state index in [1.54, 1.807) is 6.07 Å². The van der Waals surface area contributed by atoms with Gasteiger partial charge in [0.05, 0.1) is 5.38 Å². The zero-order chi connectivity index (χ0) is 16.0. The molecular weight excluding hydrogens is 296 g/mol. The predicted molar refractivity (Wildman–Crippen MR) is 88.4 cm³/mol. The number of aliphatic hydroxyl groups is 1. The fourth-order valence-electron chi connectivity index (χ4n) is 3.46. The van der Waals surface area contributed by atoms with Gasteiger partial charge in [-0.15, -0.1) is 11.6 Å². The second-order valence-corrected chi connectivity index (χ2v) is 7.07. The molecule has 3 heteroatoms. The Hall–Kier alpha value is -1.64. The third-order valence-corrected chi connectivity index (χ3v) is 5.13. The van der Waals surface area contributed by atoms with Gasteiger partial charge in [-0.2, -0.15) is 0 Å². The molecule has 2 aromatic rings. The van der Waals surface area contributed by atoms with E-state index in [2.05, 4.69) is 0 Å². The van der Waals surface area contributed by atoms with Crippen LogP contribution in [0.1, 0.15) is 47.1 Å². The topological polar surface area (TPSA) is 37.3 Å². The lowest BCUT2D eigenvalue weighted by atomic mass is 9.64. The molecule has 2 nitrogen and oxygen atoms in total. The van der Waals surface area contributed by atoms with Crippen LogP contribution in [0.5, 0.6) is 0 Å². The largest absolute Gasteiger partial charge is 0.380 e. The summed E-state index contributed by atoms with van der Waals surface area (Å²) in [6.07, 6.45) is 0.304. The minimum absolute atomic E-state index is 0.286. The molecule has 0 amide bonds. The second kappa shape index (κ2) is 5.22. The summed E-state index contributed by atoms with van der Waals surface area (Å²) < 4.78 is 0. The van der Waals surface area contributed by atoms with E-state index in [1.165, 1.54) is 0 Å². The van der Waals surface area contributed by atoms with Crippen molar-refractivity contribution in [3.8, 4) is 0 Å². The summed E-state index contributed by atoms with van der Waals surface area (Å²) in [5.74, 6) is -0.286. The van der Waals surface area contributed by atoms with Crippen LogP contribution in [-0.2, 0) is 5.41 Å². The molecule has 0 saturated carbocycles. The zero-order valence-corrected chi connectivity index (χ0v) is 13.5. The van der Waals surface area contributed by atoms with E-state index in [0.717, 1.165) is 11.1 Å². The van der Waals surface area contributed by atoms with Crippen LogP contribution >= 0.6 is 11.6 Å². The first-order valence-corrected chi connectivity index (χ1v) is 7.85. The van der Waals surface area contributed by atoms with Crippen molar-refractivity contribution in [2.45, 2.75) is 36.7 Å². The minimum Gasteiger partial charge on any atom is -0.380 e. The van der Waals surface area contributed by atoms with E-state index in [-0.39, 0.29) is 11.2 Å². The summed E-state index contributed by atoms with van der Waals surface area (Å²) in [5.41, 5.74) is 0.390. The Morgan fingerprint density at radius 1 is 1.05 bits per heavy atom. The number of Topliss-reactive ketones (excluding diaryl/α,β-unsaturated/α-hetero) is 1. The first kappa shape index (κ1) is 15.3. The maximum Gasteiger partial charge on any atom is 0.196 e. The van der Waals surface area contributed by atoms with Crippen molar-refractivity contribution < 1.29 is 9.90 Å². The summed E-state index contributed by atoms with van der Waals surface area (Å²) >= 11 is 6.54. The molecule has 1 aliphatic carbocycles. The minimum atomic E-state index is -1.60. The number of benzene rings is 2. The third kappa shape index (κ3) is 2.27. The Bertz CT molecular complexity index is 708. The highest BCUT2D eigenvalue weighted by Crippen LogP contribution is 2.48. The summed E-state index contributed by atoms with van der Waals surface area (Å²) in [6, 6.07) is 16.8.